The minimum Gasteiger partial charge on any atom is -0.351 e. The highest BCUT2D eigenvalue weighted by atomic mass is 79.9. The molecule has 0 unspecified atom stereocenters. The van der Waals surface area contributed by atoms with E-state index in [1.54, 1.807) is 18.2 Å². The Morgan fingerprint density at radius 1 is 1.19 bits per heavy atom. The molecule has 1 aromatic heterocycles. The van der Waals surface area contributed by atoms with E-state index < -0.39 is 0 Å². The average molecular weight is 457 g/mol. The van der Waals surface area contributed by atoms with Crippen molar-refractivity contribution in [2.45, 2.75) is 0 Å². The van der Waals surface area contributed by atoms with E-state index >= 15 is 0 Å². The van der Waals surface area contributed by atoms with Crippen molar-refractivity contribution in [2.75, 3.05) is 39.3 Å². The van der Waals surface area contributed by atoms with Gasteiger partial charge in [-0.3, -0.25) is 14.5 Å². The van der Waals surface area contributed by atoms with E-state index in [9.17, 15) is 9.59 Å². The number of amides is 2. The van der Waals surface area contributed by atoms with Crippen LogP contribution >= 0.6 is 38.9 Å². The summed E-state index contributed by atoms with van der Waals surface area (Å²) in [7, 11) is 0. The number of benzene rings is 1. The number of nitrogens with one attached hydrogen (secondary N) is 1. The van der Waals surface area contributed by atoms with Gasteiger partial charge in [0, 0.05) is 43.7 Å². The van der Waals surface area contributed by atoms with Crippen molar-refractivity contribution in [3.05, 3.63) is 55.6 Å². The third-order valence-corrected chi connectivity index (χ3v) is 5.96. The zero-order valence-corrected chi connectivity index (χ0v) is 17.2. The fourth-order valence-electron chi connectivity index (χ4n) is 2.82. The molecule has 0 radical (unpaired) electrons. The van der Waals surface area contributed by atoms with Crippen molar-refractivity contribution in [3.8, 4) is 0 Å². The Bertz CT molecular complexity index is 777. The molecule has 0 atom stereocenters. The Balaban J connectivity index is 1.42. The Morgan fingerprint density at radius 2 is 1.96 bits per heavy atom. The molecule has 0 aliphatic carbocycles. The zero-order valence-electron chi connectivity index (χ0n) is 14.1. The molecule has 1 saturated heterocycles. The molecule has 1 aromatic carbocycles. The molecule has 1 aliphatic rings. The number of piperazine rings is 1. The van der Waals surface area contributed by atoms with Gasteiger partial charge < -0.3 is 10.2 Å². The van der Waals surface area contributed by atoms with Crippen LogP contribution in [-0.2, 0) is 0 Å². The van der Waals surface area contributed by atoms with E-state index in [0.29, 0.717) is 30.2 Å². The van der Waals surface area contributed by atoms with Gasteiger partial charge in [-0.1, -0.05) is 33.6 Å². The van der Waals surface area contributed by atoms with Gasteiger partial charge in [0.1, 0.15) is 0 Å². The highest BCUT2D eigenvalue weighted by Gasteiger charge is 2.22. The summed E-state index contributed by atoms with van der Waals surface area (Å²) >= 11 is 10.9. The van der Waals surface area contributed by atoms with Gasteiger partial charge in [-0.2, -0.15) is 0 Å². The van der Waals surface area contributed by atoms with Crippen LogP contribution in [0, 0.1) is 0 Å². The summed E-state index contributed by atoms with van der Waals surface area (Å²) in [5.74, 6) is -0.0694. The second-order valence-electron chi connectivity index (χ2n) is 5.99. The minimum absolute atomic E-state index is 0.109. The van der Waals surface area contributed by atoms with E-state index in [1.165, 1.54) is 11.3 Å². The SMILES string of the molecule is O=C(NCCN1CCN(C(=O)c2cccs2)CC1)c1cc(Br)ccc1Cl. The molecule has 2 amide bonds. The molecule has 0 bridgehead atoms. The second-order valence-corrected chi connectivity index (χ2v) is 8.26. The molecule has 0 spiro atoms. The summed E-state index contributed by atoms with van der Waals surface area (Å²) in [6.45, 7) is 4.33. The topological polar surface area (TPSA) is 52.7 Å². The first kappa shape index (κ1) is 19.4. The maximum atomic E-state index is 12.3. The van der Waals surface area contributed by atoms with Crippen molar-refractivity contribution < 1.29 is 9.59 Å². The average Bonchev–Trinajstić information content (AvgIpc) is 3.18. The largest absolute Gasteiger partial charge is 0.351 e. The molecular weight excluding hydrogens is 438 g/mol. The maximum absolute atomic E-state index is 12.3. The summed E-state index contributed by atoms with van der Waals surface area (Å²) < 4.78 is 0.818. The van der Waals surface area contributed by atoms with Crippen LogP contribution in [0.3, 0.4) is 0 Å². The van der Waals surface area contributed by atoms with Crippen LogP contribution in [0.2, 0.25) is 5.02 Å². The molecule has 1 aliphatic heterocycles. The first-order valence-corrected chi connectivity index (χ1v) is 10.4. The summed E-state index contributed by atoms with van der Waals surface area (Å²) in [5, 5.41) is 5.26. The summed E-state index contributed by atoms with van der Waals surface area (Å²) in [6, 6.07) is 8.98. The lowest BCUT2D eigenvalue weighted by molar-refractivity contribution is 0.0643. The molecule has 26 heavy (non-hydrogen) atoms. The number of carbonyl (C=O) groups is 2. The van der Waals surface area contributed by atoms with E-state index in [0.717, 1.165) is 29.0 Å². The first-order chi connectivity index (χ1) is 12.5. The number of halogens is 2. The Labute approximate surface area is 170 Å². The second kappa shape index (κ2) is 8.99. The van der Waals surface area contributed by atoms with Gasteiger partial charge in [-0.25, -0.2) is 0 Å². The minimum atomic E-state index is -0.178. The van der Waals surface area contributed by atoms with Crippen molar-refractivity contribution in [1.29, 1.82) is 0 Å². The Hall–Kier alpha value is -1.41. The van der Waals surface area contributed by atoms with Gasteiger partial charge >= 0.3 is 0 Å². The molecule has 2 aromatic rings. The van der Waals surface area contributed by atoms with Gasteiger partial charge in [0.05, 0.1) is 15.5 Å². The molecule has 3 rings (SSSR count). The summed E-state index contributed by atoms with van der Waals surface area (Å²) in [6.07, 6.45) is 0. The monoisotopic (exact) mass is 455 g/mol. The van der Waals surface area contributed by atoms with Crippen LogP contribution in [0.15, 0.2) is 40.2 Å². The van der Waals surface area contributed by atoms with Gasteiger partial charge in [-0.15, -0.1) is 11.3 Å². The normalized spacial score (nSPS) is 15.1. The Kier molecular flexibility index (Phi) is 6.69. The highest BCUT2D eigenvalue weighted by Crippen LogP contribution is 2.20. The van der Waals surface area contributed by atoms with E-state index in [4.69, 9.17) is 11.6 Å². The summed E-state index contributed by atoms with van der Waals surface area (Å²) in [4.78, 5) is 29.5. The lowest BCUT2D eigenvalue weighted by Gasteiger charge is -2.34. The number of hydrogen-bond acceptors (Lipinski definition) is 4. The zero-order chi connectivity index (χ0) is 18.5. The molecule has 0 saturated carbocycles. The maximum Gasteiger partial charge on any atom is 0.264 e. The van der Waals surface area contributed by atoms with E-state index in [2.05, 4.69) is 26.1 Å². The highest BCUT2D eigenvalue weighted by molar-refractivity contribution is 9.10. The third-order valence-electron chi connectivity index (χ3n) is 4.28. The van der Waals surface area contributed by atoms with Gasteiger partial charge in [0.2, 0.25) is 0 Å². The number of rotatable bonds is 5. The van der Waals surface area contributed by atoms with Gasteiger partial charge in [0.15, 0.2) is 0 Å². The lowest BCUT2D eigenvalue weighted by Crippen LogP contribution is -2.50. The molecule has 1 N–H and O–H groups in total. The fraction of sp³-hybridized carbons (Fsp3) is 0.333. The molecule has 138 valence electrons. The van der Waals surface area contributed by atoms with Crippen molar-refractivity contribution in [3.63, 3.8) is 0 Å². The van der Waals surface area contributed by atoms with Crippen LogP contribution in [0.4, 0.5) is 0 Å². The van der Waals surface area contributed by atoms with Crippen LogP contribution in [-0.4, -0.2) is 60.9 Å². The number of thiophene rings is 1. The van der Waals surface area contributed by atoms with Crippen LogP contribution in [0.1, 0.15) is 20.0 Å². The summed E-state index contributed by atoms with van der Waals surface area (Å²) in [5.41, 5.74) is 0.465. The van der Waals surface area contributed by atoms with E-state index in [1.807, 2.05) is 22.4 Å². The van der Waals surface area contributed by atoms with Crippen molar-refractivity contribution >= 4 is 50.7 Å². The van der Waals surface area contributed by atoms with Gasteiger partial charge in [-0.05, 0) is 29.6 Å². The number of carbonyl (C=O) groups excluding carboxylic acids is 2. The van der Waals surface area contributed by atoms with Crippen LogP contribution in [0.25, 0.3) is 0 Å². The Morgan fingerprint density at radius 3 is 2.65 bits per heavy atom. The standard InChI is InChI=1S/C18H19BrClN3O2S/c19-13-3-4-15(20)14(12-13)17(24)21-5-6-22-7-9-23(10-8-22)18(25)16-2-1-11-26-16/h1-4,11-12H,5-10H2,(H,21,24). The van der Waals surface area contributed by atoms with Crippen molar-refractivity contribution in [1.82, 2.24) is 15.1 Å². The van der Waals surface area contributed by atoms with Crippen molar-refractivity contribution in [2.24, 2.45) is 0 Å². The first-order valence-electron chi connectivity index (χ1n) is 8.33. The smallest absolute Gasteiger partial charge is 0.264 e. The van der Waals surface area contributed by atoms with Crippen LogP contribution in [0.5, 0.6) is 0 Å². The van der Waals surface area contributed by atoms with E-state index in [-0.39, 0.29) is 11.8 Å². The fourth-order valence-corrected chi connectivity index (χ4v) is 4.08. The molecular formula is C18H19BrClN3O2S. The molecule has 8 heteroatoms. The number of nitrogens with zero attached hydrogens (tertiary/aromatic N) is 2. The molecule has 2 heterocycles. The predicted molar refractivity (Wildman–Crippen MR) is 108 cm³/mol. The number of hydrogen-bond donors (Lipinski definition) is 1. The predicted octanol–water partition coefficient (Wildman–Crippen LogP) is 3.35. The lowest BCUT2D eigenvalue weighted by atomic mass is 10.2. The van der Waals surface area contributed by atoms with Gasteiger partial charge in [0.25, 0.3) is 11.8 Å². The quantitative estimate of drug-likeness (QED) is 0.751. The third kappa shape index (κ3) is 4.85. The molecule has 1 fully saturated rings. The molecule has 5 nitrogen and oxygen atoms in total. The van der Waals surface area contributed by atoms with Crippen LogP contribution < -0.4 is 5.32 Å².